The third-order valence-electron chi connectivity index (χ3n) is 2.91. The van der Waals surface area contributed by atoms with E-state index in [4.69, 9.17) is 26.2 Å². The molecule has 1 rings (SSSR count). The third-order valence-corrected chi connectivity index (χ3v) is 3.19. The largest absolute Gasteiger partial charge is 0.493 e. The summed E-state index contributed by atoms with van der Waals surface area (Å²) >= 11 is 6.29. The normalized spacial score (nSPS) is 11.5. The number of hydrogen-bond acceptors (Lipinski definition) is 4. The molecular formula is C16H26ClNO3. The molecule has 4 nitrogen and oxygen atoms in total. The summed E-state index contributed by atoms with van der Waals surface area (Å²) < 4.78 is 11.0. The van der Waals surface area contributed by atoms with Crippen LogP contribution >= 0.6 is 11.6 Å². The number of aliphatic hydroxyl groups is 1. The van der Waals surface area contributed by atoms with Gasteiger partial charge in [0.1, 0.15) is 0 Å². The lowest BCUT2D eigenvalue weighted by Gasteiger charge is -2.21. The van der Waals surface area contributed by atoms with Crippen LogP contribution in [0.5, 0.6) is 11.5 Å². The second kappa shape index (κ2) is 8.47. The van der Waals surface area contributed by atoms with E-state index >= 15 is 0 Å². The molecule has 1 aromatic carbocycles. The number of aliphatic hydroxyl groups excluding tert-OH is 1. The summed E-state index contributed by atoms with van der Waals surface area (Å²) in [6.45, 7) is 7.74. The maximum atomic E-state index is 8.77. The molecule has 1 aromatic rings. The number of ether oxygens (including phenoxy) is 2. The minimum Gasteiger partial charge on any atom is -0.493 e. The molecular weight excluding hydrogens is 290 g/mol. The molecule has 0 fully saturated rings. The lowest BCUT2D eigenvalue weighted by Crippen LogP contribution is -2.35. The number of unbranched alkanes of at least 4 members (excludes halogenated alkanes) is 1. The van der Waals surface area contributed by atoms with Crippen LogP contribution in [0.4, 0.5) is 0 Å². The van der Waals surface area contributed by atoms with Crippen molar-refractivity contribution in [2.75, 3.05) is 20.3 Å². The molecule has 0 aliphatic rings. The van der Waals surface area contributed by atoms with Gasteiger partial charge in [0.2, 0.25) is 0 Å². The predicted octanol–water partition coefficient (Wildman–Crippen LogP) is 3.39. The molecule has 2 N–H and O–H groups in total. The van der Waals surface area contributed by atoms with Crippen LogP contribution in [0.15, 0.2) is 12.1 Å². The van der Waals surface area contributed by atoms with E-state index in [-0.39, 0.29) is 12.1 Å². The van der Waals surface area contributed by atoms with Gasteiger partial charge in [0, 0.05) is 18.7 Å². The van der Waals surface area contributed by atoms with Crippen molar-refractivity contribution in [1.29, 1.82) is 0 Å². The highest BCUT2D eigenvalue weighted by Gasteiger charge is 2.14. The van der Waals surface area contributed by atoms with E-state index in [0.717, 1.165) is 12.0 Å². The highest BCUT2D eigenvalue weighted by molar-refractivity contribution is 6.32. The Hall–Kier alpha value is -0.970. The van der Waals surface area contributed by atoms with E-state index in [0.29, 0.717) is 36.1 Å². The van der Waals surface area contributed by atoms with Crippen molar-refractivity contribution in [3.63, 3.8) is 0 Å². The first kappa shape index (κ1) is 18.1. The number of benzene rings is 1. The van der Waals surface area contributed by atoms with Crippen LogP contribution in [0, 0.1) is 0 Å². The van der Waals surface area contributed by atoms with Crippen molar-refractivity contribution >= 4 is 11.6 Å². The fraction of sp³-hybridized carbons (Fsp3) is 0.625. The summed E-state index contributed by atoms with van der Waals surface area (Å²) in [5.74, 6) is 1.20. The summed E-state index contributed by atoms with van der Waals surface area (Å²) in [6.07, 6.45) is 1.50. The Labute approximate surface area is 132 Å². The Kier molecular flexibility index (Phi) is 7.29. The zero-order valence-electron chi connectivity index (χ0n) is 13.3. The summed E-state index contributed by atoms with van der Waals surface area (Å²) in [7, 11) is 1.60. The van der Waals surface area contributed by atoms with Gasteiger partial charge in [0.05, 0.1) is 18.7 Å². The van der Waals surface area contributed by atoms with Gasteiger partial charge in [0.15, 0.2) is 11.5 Å². The lowest BCUT2D eigenvalue weighted by molar-refractivity contribution is 0.247. The van der Waals surface area contributed by atoms with E-state index in [1.807, 2.05) is 12.1 Å². The SMILES string of the molecule is COc1cc(CNC(C)(C)C)cc(Cl)c1OCCCCO. The third kappa shape index (κ3) is 6.55. The molecule has 0 spiro atoms. The van der Waals surface area contributed by atoms with Crippen molar-refractivity contribution < 1.29 is 14.6 Å². The zero-order chi connectivity index (χ0) is 15.9. The molecule has 0 bridgehead atoms. The number of rotatable bonds is 8. The Bertz CT molecular complexity index is 444. The second-order valence-corrected chi connectivity index (χ2v) is 6.40. The van der Waals surface area contributed by atoms with Gasteiger partial charge in [-0.1, -0.05) is 11.6 Å². The van der Waals surface area contributed by atoms with Crippen LogP contribution in [-0.2, 0) is 6.54 Å². The molecule has 0 heterocycles. The zero-order valence-corrected chi connectivity index (χ0v) is 14.1. The van der Waals surface area contributed by atoms with Gasteiger partial charge in [-0.3, -0.25) is 0 Å². The second-order valence-electron chi connectivity index (χ2n) is 5.99. The van der Waals surface area contributed by atoms with Gasteiger partial charge >= 0.3 is 0 Å². The first-order chi connectivity index (χ1) is 9.87. The molecule has 0 atom stereocenters. The fourth-order valence-corrected chi connectivity index (χ4v) is 2.06. The number of methoxy groups -OCH3 is 1. The number of hydrogen-bond donors (Lipinski definition) is 2. The van der Waals surface area contributed by atoms with E-state index in [1.54, 1.807) is 7.11 Å². The number of halogens is 1. The van der Waals surface area contributed by atoms with Crippen LogP contribution in [0.3, 0.4) is 0 Å². The highest BCUT2D eigenvalue weighted by atomic mass is 35.5. The summed E-state index contributed by atoms with van der Waals surface area (Å²) in [6, 6.07) is 3.83. The van der Waals surface area contributed by atoms with Crippen molar-refractivity contribution in [2.45, 2.75) is 45.7 Å². The van der Waals surface area contributed by atoms with E-state index in [9.17, 15) is 0 Å². The molecule has 0 aromatic heterocycles. The molecule has 0 saturated heterocycles. The fourth-order valence-electron chi connectivity index (χ4n) is 1.77. The van der Waals surface area contributed by atoms with Crippen LogP contribution in [0.2, 0.25) is 5.02 Å². The maximum absolute atomic E-state index is 8.77. The topological polar surface area (TPSA) is 50.7 Å². The maximum Gasteiger partial charge on any atom is 0.179 e. The Balaban J connectivity index is 2.77. The quantitative estimate of drug-likeness (QED) is 0.722. The van der Waals surface area contributed by atoms with E-state index in [1.165, 1.54) is 0 Å². The standard InChI is InChI=1S/C16H26ClNO3/c1-16(2,3)18-11-12-9-13(17)15(14(10-12)20-4)21-8-6-5-7-19/h9-10,18-19H,5-8,11H2,1-4H3. The Morgan fingerprint density at radius 2 is 1.95 bits per heavy atom. The molecule has 0 aliphatic carbocycles. The number of nitrogens with one attached hydrogen (secondary N) is 1. The van der Waals surface area contributed by atoms with Gasteiger partial charge in [-0.25, -0.2) is 0 Å². The predicted molar refractivity (Wildman–Crippen MR) is 86.4 cm³/mol. The molecule has 0 radical (unpaired) electrons. The molecule has 0 aliphatic heterocycles. The van der Waals surface area contributed by atoms with Gasteiger partial charge < -0.3 is 19.9 Å². The van der Waals surface area contributed by atoms with Crippen LogP contribution < -0.4 is 14.8 Å². The van der Waals surface area contributed by atoms with Crippen LogP contribution in [0.1, 0.15) is 39.2 Å². The van der Waals surface area contributed by atoms with Crippen molar-refractivity contribution in [1.82, 2.24) is 5.32 Å². The molecule has 0 saturated carbocycles. The summed E-state index contributed by atoms with van der Waals surface area (Å²) in [5, 5.41) is 12.7. The summed E-state index contributed by atoms with van der Waals surface area (Å²) in [4.78, 5) is 0. The first-order valence-electron chi connectivity index (χ1n) is 7.22. The molecule has 5 heteroatoms. The molecule has 0 unspecified atom stereocenters. The first-order valence-corrected chi connectivity index (χ1v) is 7.60. The highest BCUT2D eigenvalue weighted by Crippen LogP contribution is 2.36. The Morgan fingerprint density at radius 1 is 1.24 bits per heavy atom. The lowest BCUT2D eigenvalue weighted by atomic mass is 10.1. The van der Waals surface area contributed by atoms with Gasteiger partial charge in [0.25, 0.3) is 0 Å². The Morgan fingerprint density at radius 3 is 2.52 bits per heavy atom. The molecule has 0 amide bonds. The molecule has 120 valence electrons. The monoisotopic (exact) mass is 315 g/mol. The van der Waals surface area contributed by atoms with Crippen molar-refractivity contribution in [3.05, 3.63) is 22.7 Å². The van der Waals surface area contributed by atoms with Crippen molar-refractivity contribution in [3.8, 4) is 11.5 Å². The van der Waals surface area contributed by atoms with Crippen LogP contribution in [-0.4, -0.2) is 31.0 Å². The van der Waals surface area contributed by atoms with E-state index in [2.05, 4.69) is 26.1 Å². The van der Waals surface area contributed by atoms with Gasteiger partial charge in [-0.15, -0.1) is 0 Å². The van der Waals surface area contributed by atoms with Crippen LogP contribution in [0.25, 0.3) is 0 Å². The van der Waals surface area contributed by atoms with Crippen molar-refractivity contribution in [2.24, 2.45) is 0 Å². The minimum absolute atomic E-state index is 0.0409. The van der Waals surface area contributed by atoms with Gasteiger partial charge in [-0.05, 0) is 51.3 Å². The summed E-state index contributed by atoms with van der Waals surface area (Å²) in [5.41, 5.74) is 1.09. The van der Waals surface area contributed by atoms with E-state index < -0.39 is 0 Å². The average molecular weight is 316 g/mol. The average Bonchev–Trinajstić information content (AvgIpc) is 2.41. The minimum atomic E-state index is 0.0409. The molecule has 21 heavy (non-hydrogen) atoms. The van der Waals surface area contributed by atoms with Gasteiger partial charge in [-0.2, -0.15) is 0 Å². The smallest absolute Gasteiger partial charge is 0.179 e.